The number of carbonyl (C=O) groups is 4. The Hall–Kier alpha value is -3.68. The first-order valence-corrected chi connectivity index (χ1v) is 9.48. The predicted molar refractivity (Wildman–Crippen MR) is 112 cm³/mol. The smallest absolute Gasteiger partial charge is 0.338 e. The molecule has 8 heteroatoms. The molecule has 2 aromatic carbocycles. The molecule has 0 aliphatic heterocycles. The molecule has 0 radical (unpaired) electrons. The zero-order valence-electron chi connectivity index (χ0n) is 17.1. The lowest BCUT2D eigenvalue weighted by atomic mass is 10.1. The molecule has 2 aromatic rings. The summed E-state index contributed by atoms with van der Waals surface area (Å²) < 4.78 is 9.97. The molecule has 0 fully saturated rings. The third-order valence-corrected chi connectivity index (χ3v) is 3.96. The highest BCUT2D eigenvalue weighted by atomic mass is 16.5. The van der Waals surface area contributed by atoms with Crippen LogP contribution in [0.4, 0.5) is 11.4 Å². The number of hydrogen-bond acceptors (Lipinski definition) is 7. The molecule has 0 bridgehead atoms. The first kappa shape index (κ1) is 22.6. The first-order valence-electron chi connectivity index (χ1n) is 9.48. The van der Waals surface area contributed by atoms with Crippen LogP contribution < -0.4 is 10.6 Å². The van der Waals surface area contributed by atoms with Crippen LogP contribution in [0.15, 0.2) is 42.5 Å². The number of anilines is 2. The van der Waals surface area contributed by atoms with Gasteiger partial charge in [0, 0.05) is 16.9 Å². The van der Waals surface area contributed by atoms with Gasteiger partial charge in [-0.2, -0.15) is 0 Å². The average Bonchev–Trinajstić information content (AvgIpc) is 2.72. The molecule has 0 aliphatic carbocycles. The van der Waals surface area contributed by atoms with Gasteiger partial charge >= 0.3 is 11.9 Å². The van der Waals surface area contributed by atoms with Crippen LogP contribution in [0.2, 0.25) is 0 Å². The molecule has 0 saturated heterocycles. The number of rotatable bonds is 9. The lowest BCUT2D eigenvalue weighted by molar-refractivity contribution is -0.114. The van der Waals surface area contributed by atoms with Crippen molar-refractivity contribution in [2.75, 3.05) is 30.4 Å². The van der Waals surface area contributed by atoms with Crippen LogP contribution in [0, 0.1) is 0 Å². The van der Waals surface area contributed by atoms with Gasteiger partial charge in [0.1, 0.15) is 0 Å². The number of ether oxygens (including phenoxy) is 2. The van der Waals surface area contributed by atoms with Gasteiger partial charge in [0.05, 0.1) is 30.9 Å². The number of Topliss-reactive ketones (excluding diaryl/α,β-unsaturated/α-hetero) is 1. The second-order valence-corrected chi connectivity index (χ2v) is 6.28. The van der Waals surface area contributed by atoms with E-state index in [0.29, 0.717) is 16.9 Å². The maximum absolute atomic E-state index is 12.3. The minimum Gasteiger partial charge on any atom is -0.462 e. The number of carbonyl (C=O) groups excluding carboxylic acids is 4. The Morgan fingerprint density at radius 1 is 0.800 bits per heavy atom. The van der Waals surface area contributed by atoms with E-state index in [1.54, 1.807) is 38.1 Å². The van der Waals surface area contributed by atoms with Crippen molar-refractivity contribution in [3.8, 4) is 0 Å². The topological polar surface area (TPSA) is 111 Å². The molecule has 0 atom stereocenters. The zero-order valence-corrected chi connectivity index (χ0v) is 17.1. The minimum atomic E-state index is -0.586. The fourth-order valence-electron chi connectivity index (χ4n) is 2.60. The third-order valence-electron chi connectivity index (χ3n) is 3.96. The van der Waals surface area contributed by atoms with Gasteiger partial charge in [0.15, 0.2) is 5.78 Å². The predicted octanol–water partition coefficient (Wildman–Crippen LogP) is 3.29. The van der Waals surface area contributed by atoms with Gasteiger partial charge in [0.25, 0.3) is 0 Å². The summed E-state index contributed by atoms with van der Waals surface area (Å²) in [6, 6.07) is 11.0. The number of esters is 2. The van der Waals surface area contributed by atoms with Gasteiger partial charge in [0.2, 0.25) is 5.91 Å². The molecular weight excluding hydrogens is 388 g/mol. The quantitative estimate of drug-likeness (QED) is 0.480. The molecule has 0 spiro atoms. The summed E-state index contributed by atoms with van der Waals surface area (Å²) in [4.78, 5) is 47.9. The Morgan fingerprint density at radius 3 is 1.90 bits per heavy atom. The SMILES string of the molecule is CCOC(=O)c1cc(NCC(=O)Nc2cccc(C(C)=O)c2)cc(C(=O)OCC)c1. The summed E-state index contributed by atoms with van der Waals surface area (Å²) in [5, 5.41) is 5.57. The summed E-state index contributed by atoms with van der Waals surface area (Å²) in [6.45, 7) is 5.05. The first-order chi connectivity index (χ1) is 14.3. The van der Waals surface area contributed by atoms with Gasteiger partial charge in [-0.05, 0) is 51.1 Å². The van der Waals surface area contributed by atoms with Gasteiger partial charge < -0.3 is 20.1 Å². The van der Waals surface area contributed by atoms with Crippen LogP contribution >= 0.6 is 0 Å². The molecule has 158 valence electrons. The zero-order chi connectivity index (χ0) is 22.1. The number of ketones is 1. The van der Waals surface area contributed by atoms with Gasteiger partial charge in [-0.1, -0.05) is 12.1 Å². The van der Waals surface area contributed by atoms with Crippen molar-refractivity contribution in [3.05, 3.63) is 59.2 Å². The highest BCUT2D eigenvalue weighted by Gasteiger charge is 2.15. The van der Waals surface area contributed by atoms with Crippen molar-refractivity contribution in [2.24, 2.45) is 0 Å². The van der Waals surface area contributed by atoms with E-state index in [9.17, 15) is 19.2 Å². The Morgan fingerprint density at radius 2 is 1.37 bits per heavy atom. The Bertz CT molecular complexity index is 918. The number of hydrogen-bond donors (Lipinski definition) is 2. The average molecular weight is 412 g/mol. The van der Waals surface area contributed by atoms with E-state index in [2.05, 4.69) is 10.6 Å². The van der Waals surface area contributed by atoms with Crippen molar-refractivity contribution in [2.45, 2.75) is 20.8 Å². The highest BCUT2D eigenvalue weighted by Crippen LogP contribution is 2.18. The van der Waals surface area contributed by atoms with Crippen molar-refractivity contribution in [3.63, 3.8) is 0 Å². The van der Waals surface area contributed by atoms with E-state index in [4.69, 9.17) is 9.47 Å². The van der Waals surface area contributed by atoms with Crippen molar-refractivity contribution in [1.29, 1.82) is 0 Å². The normalized spacial score (nSPS) is 10.1. The molecule has 1 amide bonds. The molecule has 0 saturated carbocycles. The monoisotopic (exact) mass is 412 g/mol. The van der Waals surface area contributed by atoms with E-state index in [1.807, 2.05) is 0 Å². The second-order valence-electron chi connectivity index (χ2n) is 6.28. The maximum Gasteiger partial charge on any atom is 0.338 e. The van der Waals surface area contributed by atoms with Crippen molar-refractivity contribution < 1.29 is 28.7 Å². The summed E-state index contributed by atoms with van der Waals surface area (Å²) in [5.74, 6) is -1.64. The Labute approximate surface area is 174 Å². The maximum atomic E-state index is 12.3. The van der Waals surface area contributed by atoms with Crippen molar-refractivity contribution in [1.82, 2.24) is 0 Å². The summed E-state index contributed by atoms with van der Waals surface area (Å²) >= 11 is 0. The van der Waals surface area contributed by atoms with E-state index in [0.717, 1.165) is 0 Å². The molecule has 2 N–H and O–H groups in total. The minimum absolute atomic E-state index is 0.105. The molecule has 8 nitrogen and oxygen atoms in total. The van der Waals surface area contributed by atoms with Gasteiger partial charge in [-0.15, -0.1) is 0 Å². The van der Waals surface area contributed by atoms with Crippen LogP contribution in [0.25, 0.3) is 0 Å². The van der Waals surface area contributed by atoms with E-state index in [1.165, 1.54) is 25.1 Å². The number of benzene rings is 2. The molecule has 30 heavy (non-hydrogen) atoms. The molecule has 0 unspecified atom stereocenters. The molecule has 0 aliphatic rings. The largest absolute Gasteiger partial charge is 0.462 e. The van der Waals surface area contributed by atoms with Crippen LogP contribution in [0.3, 0.4) is 0 Å². The van der Waals surface area contributed by atoms with Crippen LogP contribution in [0.5, 0.6) is 0 Å². The molecule has 0 aromatic heterocycles. The van der Waals surface area contributed by atoms with Crippen LogP contribution in [-0.2, 0) is 14.3 Å². The standard InChI is InChI=1S/C22H24N2O6/c1-4-29-21(27)16-9-17(22(28)30-5-2)12-19(11-16)23-13-20(26)24-18-8-6-7-15(10-18)14(3)25/h6-12,23H,4-5,13H2,1-3H3,(H,24,26). The molecule has 2 rings (SSSR count). The van der Waals surface area contributed by atoms with Gasteiger partial charge in [-0.25, -0.2) is 9.59 Å². The summed E-state index contributed by atoms with van der Waals surface area (Å²) in [5.41, 5.74) is 1.69. The third kappa shape index (κ3) is 6.44. The Kier molecular flexibility index (Phi) is 8.10. The van der Waals surface area contributed by atoms with Crippen LogP contribution in [-0.4, -0.2) is 43.4 Å². The fourth-order valence-corrected chi connectivity index (χ4v) is 2.60. The number of amides is 1. The molecular formula is C22H24N2O6. The lowest BCUT2D eigenvalue weighted by Crippen LogP contribution is -2.22. The fraction of sp³-hybridized carbons (Fsp3) is 0.273. The highest BCUT2D eigenvalue weighted by molar-refractivity contribution is 5.99. The lowest BCUT2D eigenvalue weighted by Gasteiger charge is -2.12. The number of nitrogens with one attached hydrogen (secondary N) is 2. The Balaban J connectivity index is 2.13. The van der Waals surface area contributed by atoms with Gasteiger partial charge in [-0.3, -0.25) is 9.59 Å². The van der Waals surface area contributed by atoms with Crippen LogP contribution in [0.1, 0.15) is 51.8 Å². The van der Waals surface area contributed by atoms with E-state index >= 15 is 0 Å². The van der Waals surface area contributed by atoms with E-state index in [-0.39, 0.29) is 42.6 Å². The van der Waals surface area contributed by atoms with E-state index < -0.39 is 11.9 Å². The summed E-state index contributed by atoms with van der Waals surface area (Å²) in [6.07, 6.45) is 0. The van der Waals surface area contributed by atoms with Crippen molar-refractivity contribution >= 4 is 35.0 Å². The second kappa shape index (κ2) is 10.8. The summed E-state index contributed by atoms with van der Waals surface area (Å²) in [7, 11) is 0. The molecule has 0 heterocycles.